The fourth-order valence-electron chi connectivity index (χ4n) is 5.88. The van der Waals surface area contributed by atoms with Crippen molar-refractivity contribution in [1.82, 2.24) is 14.7 Å². The number of anilines is 1. The van der Waals surface area contributed by atoms with E-state index in [9.17, 15) is 13.2 Å². The molecule has 4 aromatic rings. The fraction of sp³-hybridized carbons (Fsp3) is 0.370. The summed E-state index contributed by atoms with van der Waals surface area (Å²) in [7, 11) is -3.19. The second-order valence-corrected chi connectivity index (χ2v) is 13.1. The second kappa shape index (κ2) is 9.39. The van der Waals surface area contributed by atoms with E-state index in [0.29, 0.717) is 46.6 Å². The lowest BCUT2D eigenvalue weighted by Gasteiger charge is -2.30. The van der Waals surface area contributed by atoms with Crippen LogP contribution in [0, 0.1) is 13.8 Å². The molecule has 2 aromatic heterocycles. The Balaban J connectivity index is 1.53. The Morgan fingerprint density at radius 3 is 2.58 bits per heavy atom. The van der Waals surface area contributed by atoms with Gasteiger partial charge in [0.25, 0.3) is 0 Å². The van der Waals surface area contributed by atoms with Crippen LogP contribution in [0.25, 0.3) is 22.2 Å². The SMILES string of the molecule is Cc1noc(C)c1-c1ccc2c(c1)nc([C@@H]1CCC(=O)N1c1ccc(Cl)c(Cl)c1)n2C1CCCS(=O)(=O)C1. The molecule has 0 radical (unpaired) electrons. The van der Waals surface area contributed by atoms with Crippen LogP contribution in [0.4, 0.5) is 5.69 Å². The summed E-state index contributed by atoms with van der Waals surface area (Å²) in [5.41, 5.74) is 4.83. The quantitative estimate of drug-likeness (QED) is 0.287. The van der Waals surface area contributed by atoms with Crippen LogP contribution in [0.3, 0.4) is 0 Å². The largest absolute Gasteiger partial charge is 0.361 e. The topological polar surface area (TPSA) is 98.3 Å². The molecule has 2 aliphatic heterocycles. The number of rotatable bonds is 4. The second-order valence-electron chi connectivity index (χ2n) is 10.1. The monoisotopic (exact) mass is 572 g/mol. The van der Waals surface area contributed by atoms with Crippen LogP contribution < -0.4 is 4.90 Å². The van der Waals surface area contributed by atoms with Gasteiger partial charge in [-0.3, -0.25) is 4.79 Å². The Hall–Kier alpha value is -2.88. The molecule has 0 bridgehead atoms. The molecule has 0 aliphatic carbocycles. The molecule has 2 aromatic carbocycles. The molecule has 2 aliphatic rings. The van der Waals surface area contributed by atoms with Gasteiger partial charge in [0, 0.05) is 23.7 Å². The van der Waals surface area contributed by atoms with Crippen molar-refractivity contribution in [3.63, 3.8) is 0 Å². The lowest BCUT2D eigenvalue weighted by Crippen LogP contribution is -2.32. The maximum atomic E-state index is 13.1. The Morgan fingerprint density at radius 1 is 1.05 bits per heavy atom. The fourth-order valence-corrected chi connectivity index (χ4v) is 7.84. The molecule has 4 heterocycles. The molecule has 1 unspecified atom stereocenters. The predicted octanol–water partition coefficient (Wildman–Crippen LogP) is 6.23. The molecule has 198 valence electrons. The molecule has 2 atom stereocenters. The van der Waals surface area contributed by atoms with E-state index in [4.69, 9.17) is 32.7 Å². The smallest absolute Gasteiger partial charge is 0.227 e. The van der Waals surface area contributed by atoms with E-state index in [1.54, 1.807) is 23.1 Å². The van der Waals surface area contributed by atoms with Crippen molar-refractivity contribution in [2.75, 3.05) is 16.4 Å². The highest BCUT2D eigenvalue weighted by Crippen LogP contribution is 2.42. The van der Waals surface area contributed by atoms with Crippen LogP contribution in [0.1, 0.15) is 55.0 Å². The average Bonchev–Trinajstić information content (AvgIpc) is 3.54. The van der Waals surface area contributed by atoms with Gasteiger partial charge in [-0.1, -0.05) is 34.4 Å². The number of nitrogens with zero attached hydrogens (tertiary/aromatic N) is 4. The third kappa shape index (κ3) is 4.30. The number of amides is 1. The number of hydrogen-bond donors (Lipinski definition) is 0. The molecule has 0 saturated carbocycles. The Bertz CT molecular complexity index is 1680. The minimum Gasteiger partial charge on any atom is -0.361 e. The van der Waals surface area contributed by atoms with Gasteiger partial charge in [-0.05, 0) is 69.0 Å². The van der Waals surface area contributed by atoms with Crippen molar-refractivity contribution in [2.45, 2.75) is 51.6 Å². The van der Waals surface area contributed by atoms with Crippen molar-refractivity contribution in [3.05, 3.63) is 63.7 Å². The summed E-state index contributed by atoms with van der Waals surface area (Å²) >= 11 is 12.4. The number of carbonyl (C=O) groups is 1. The first-order chi connectivity index (χ1) is 18.1. The third-order valence-corrected chi connectivity index (χ3v) is 10.1. The molecule has 0 N–H and O–H groups in total. The summed E-state index contributed by atoms with van der Waals surface area (Å²) in [6.45, 7) is 3.77. The van der Waals surface area contributed by atoms with Crippen LogP contribution >= 0.6 is 23.2 Å². The number of benzene rings is 2. The molecular formula is C27H26Cl2N4O4S. The number of aromatic nitrogens is 3. The van der Waals surface area contributed by atoms with E-state index in [-0.39, 0.29) is 29.5 Å². The maximum absolute atomic E-state index is 13.1. The van der Waals surface area contributed by atoms with Crippen molar-refractivity contribution in [3.8, 4) is 11.1 Å². The van der Waals surface area contributed by atoms with Gasteiger partial charge >= 0.3 is 0 Å². The third-order valence-electron chi connectivity index (χ3n) is 7.53. The van der Waals surface area contributed by atoms with Gasteiger partial charge in [-0.25, -0.2) is 13.4 Å². The number of imidazole rings is 1. The van der Waals surface area contributed by atoms with E-state index >= 15 is 0 Å². The van der Waals surface area contributed by atoms with Gasteiger partial charge < -0.3 is 14.0 Å². The Morgan fingerprint density at radius 2 is 1.87 bits per heavy atom. The number of aryl methyl sites for hydroxylation is 2. The summed E-state index contributed by atoms with van der Waals surface area (Å²) in [5.74, 6) is 1.59. The molecule has 38 heavy (non-hydrogen) atoms. The summed E-state index contributed by atoms with van der Waals surface area (Å²) in [6.07, 6.45) is 2.21. The van der Waals surface area contributed by atoms with Crippen LogP contribution in [0.5, 0.6) is 0 Å². The molecular weight excluding hydrogens is 547 g/mol. The van der Waals surface area contributed by atoms with Crippen LogP contribution in [-0.4, -0.2) is 40.5 Å². The van der Waals surface area contributed by atoms with Crippen LogP contribution in [0.15, 0.2) is 40.9 Å². The minimum absolute atomic E-state index is 0.0420. The summed E-state index contributed by atoms with van der Waals surface area (Å²) < 4.78 is 32.8. The Labute approximate surface area is 230 Å². The van der Waals surface area contributed by atoms with Gasteiger partial charge in [-0.15, -0.1) is 0 Å². The van der Waals surface area contributed by atoms with Crippen molar-refractivity contribution >= 4 is 55.7 Å². The number of carbonyl (C=O) groups excluding carboxylic acids is 1. The van der Waals surface area contributed by atoms with E-state index in [0.717, 1.165) is 34.3 Å². The summed E-state index contributed by atoms with van der Waals surface area (Å²) in [4.78, 5) is 19.9. The normalized spacial score (nSPS) is 21.5. The molecule has 8 nitrogen and oxygen atoms in total. The molecule has 0 spiro atoms. The summed E-state index contributed by atoms with van der Waals surface area (Å²) in [5, 5.41) is 4.85. The molecule has 11 heteroatoms. The van der Waals surface area contributed by atoms with Crippen molar-refractivity contribution < 1.29 is 17.7 Å². The maximum Gasteiger partial charge on any atom is 0.227 e. The first-order valence-electron chi connectivity index (χ1n) is 12.6. The first-order valence-corrected chi connectivity index (χ1v) is 15.1. The van der Waals surface area contributed by atoms with Crippen LogP contribution in [-0.2, 0) is 14.6 Å². The highest BCUT2D eigenvalue weighted by Gasteiger charge is 2.39. The predicted molar refractivity (Wildman–Crippen MR) is 148 cm³/mol. The Kier molecular flexibility index (Phi) is 6.28. The molecule has 2 saturated heterocycles. The zero-order chi connectivity index (χ0) is 26.8. The van der Waals surface area contributed by atoms with Gasteiger partial charge in [0.1, 0.15) is 11.6 Å². The van der Waals surface area contributed by atoms with E-state index < -0.39 is 9.84 Å². The number of hydrogen-bond acceptors (Lipinski definition) is 6. The number of sulfone groups is 1. The highest BCUT2D eigenvalue weighted by atomic mass is 35.5. The average molecular weight is 574 g/mol. The number of halogens is 2. The highest BCUT2D eigenvalue weighted by molar-refractivity contribution is 7.91. The van der Waals surface area contributed by atoms with Crippen molar-refractivity contribution in [2.24, 2.45) is 0 Å². The van der Waals surface area contributed by atoms with Crippen LogP contribution in [0.2, 0.25) is 10.0 Å². The van der Waals surface area contributed by atoms with Gasteiger partial charge in [0.05, 0.1) is 44.3 Å². The summed E-state index contributed by atoms with van der Waals surface area (Å²) in [6, 6.07) is 10.4. The zero-order valence-electron chi connectivity index (χ0n) is 20.9. The van der Waals surface area contributed by atoms with Crippen molar-refractivity contribution in [1.29, 1.82) is 0 Å². The van der Waals surface area contributed by atoms with E-state index in [2.05, 4.69) is 9.72 Å². The van der Waals surface area contributed by atoms with Gasteiger partial charge in [-0.2, -0.15) is 0 Å². The first kappa shape index (κ1) is 25.4. The van der Waals surface area contributed by atoms with E-state index in [1.807, 2.05) is 32.0 Å². The lowest BCUT2D eigenvalue weighted by molar-refractivity contribution is -0.117. The van der Waals surface area contributed by atoms with Gasteiger partial charge in [0.15, 0.2) is 9.84 Å². The number of fused-ring (bicyclic) bond motifs is 1. The molecule has 2 fully saturated rings. The molecule has 6 rings (SSSR count). The van der Waals surface area contributed by atoms with E-state index in [1.165, 1.54) is 0 Å². The minimum atomic E-state index is -3.19. The zero-order valence-corrected chi connectivity index (χ0v) is 23.3. The standard InChI is InChI=1S/C27H26Cl2N4O4S/c1-15-26(16(2)37-31-15)17-5-8-23-22(12-17)30-27(33(23)19-4-3-11-38(35,36)14-19)24-9-10-25(34)32(24)18-6-7-20(28)21(29)13-18/h5-8,12-13,19,24H,3-4,9-11,14H2,1-2H3/t19?,24-/m0/s1. The lowest BCUT2D eigenvalue weighted by atomic mass is 10.0. The van der Waals surface area contributed by atoms with Gasteiger partial charge in [0.2, 0.25) is 5.91 Å². The molecule has 1 amide bonds.